The number of carbonyl (C=O) groups is 2. The largest absolute Gasteiger partial charge is 0.497 e. The Hall–Kier alpha value is -3.31. The van der Waals surface area contributed by atoms with Crippen molar-refractivity contribution in [2.24, 2.45) is 5.92 Å². The number of piperidine rings is 1. The number of fused-ring (bicyclic) bond motifs is 1. The molecule has 2 aromatic carbocycles. The van der Waals surface area contributed by atoms with Crippen molar-refractivity contribution in [2.75, 3.05) is 37.9 Å². The summed E-state index contributed by atoms with van der Waals surface area (Å²) in [6.45, 7) is 3.63. The predicted molar refractivity (Wildman–Crippen MR) is 130 cm³/mol. The van der Waals surface area contributed by atoms with Gasteiger partial charge in [-0.25, -0.2) is 8.42 Å². The highest BCUT2D eigenvalue weighted by Crippen LogP contribution is 2.36. The van der Waals surface area contributed by atoms with Crippen LogP contribution >= 0.6 is 0 Å². The maximum Gasteiger partial charge on any atom is 0.265 e. The van der Waals surface area contributed by atoms with Crippen LogP contribution in [0.5, 0.6) is 17.2 Å². The Morgan fingerprint density at radius 1 is 1.14 bits per heavy atom. The van der Waals surface area contributed by atoms with Crippen LogP contribution < -0.4 is 24.8 Å². The van der Waals surface area contributed by atoms with Gasteiger partial charge in [-0.05, 0) is 38.3 Å². The molecule has 188 valence electrons. The van der Waals surface area contributed by atoms with Gasteiger partial charge >= 0.3 is 0 Å². The van der Waals surface area contributed by atoms with Crippen LogP contribution in [-0.2, 0) is 19.6 Å². The van der Waals surface area contributed by atoms with E-state index in [1.807, 2.05) is 0 Å². The van der Waals surface area contributed by atoms with Crippen LogP contribution in [0.3, 0.4) is 0 Å². The molecule has 0 aromatic heterocycles. The molecule has 11 heteroatoms. The van der Waals surface area contributed by atoms with Gasteiger partial charge in [0, 0.05) is 43.0 Å². The van der Waals surface area contributed by atoms with Gasteiger partial charge in [0.2, 0.25) is 15.9 Å². The van der Waals surface area contributed by atoms with Crippen LogP contribution in [0.1, 0.15) is 25.3 Å². The van der Waals surface area contributed by atoms with Crippen molar-refractivity contribution in [1.82, 2.24) is 4.31 Å². The predicted octanol–water partition coefficient (Wildman–Crippen LogP) is 2.77. The fraction of sp³-hybridized carbons (Fsp3) is 0.417. The number of sulfonamides is 1. The summed E-state index contributed by atoms with van der Waals surface area (Å²) >= 11 is 0. The molecule has 2 aromatic rings. The lowest BCUT2D eigenvalue weighted by molar-refractivity contribution is -0.123. The summed E-state index contributed by atoms with van der Waals surface area (Å²) in [5.74, 6) is 0.281. The molecule has 2 N–H and O–H groups in total. The van der Waals surface area contributed by atoms with Crippen molar-refractivity contribution >= 4 is 33.2 Å². The van der Waals surface area contributed by atoms with E-state index in [4.69, 9.17) is 14.2 Å². The Labute approximate surface area is 204 Å². The molecule has 2 unspecified atom stereocenters. The van der Waals surface area contributed by atoms with Gasteiger partial charge < -0.3 is 24.8 Å². The maximum absolute atomic E-state index is 13.6. The Morgan fingerprint density at radius 3 is 2.49 bits per heavy atom. The lowest BCUT2D eigenvalue weighted by atomic mass is 9.98. The third-order valence-corrected chi connectivity index (χ3v) is 8.21. The molecule has 2 heterocycles. The van der Waals surface area contributed by atoms with Crippen LogP contribution in [0.25, 0.3) is 0 Å². The minimum Gasteiger partial charge on any atom is -0.497 e. The first-order valence-corrected chi connectivity index (χ1v) is 12.7. The van der Waals surface area contributed by atoms with E-state index in [9.17, 15) is 18.0 Å². The first kappa shape index (κ1) is 24.8. The molecule has 4 rings (SSSR count). The number of benzene rings is 2. The molecule has 10 nitrogen and oxygen atoms in total. The van der Waals surface area contributed by atoms with Crippen LogP contribution in [-0.4, -0.2) is 58.0 Å². The normalized spacial score (nSPS) is 20.3. The Morgan fingerprint density at radius 2 is 1.83 bits per heavy atom. The number of aryl methyl sites for hydroxylation is 1. The van der Waals surface area contributed by atoms with Crippen LogP contribution in [0, 0.1) is 12.8 Å². The smallest absolute Gasteiger partial charge is 0.265 e. The Balaban J connectivity index is 1.53. The molecule has 35 heavy (non-hydrogen) atoms. The number of nitrogens with one attached hydrogen (secondary N) is 2. The second kappa shape index (κ2) is 9.74. The van der Waals surface area contributed by atoms with Crippen LogP contribution in [0.4, 0.5) is 11.4 Å². The number of hydrogen-bond acceptors (Lipinski definition) is 7. The van der Waals surface area contributed by atoms with E-state index >= 15 is 0 Å². The molecule has 2 amide bonds. The molecule has 2 aliphatic heterocycles. The van der Waals surface area contributed by atoms with Gasteiger partial charge in [-0.15, -0.1) is 0 Å². The lowest BCUT2D eigenvalue weighted by Crippen LogP contribution is -2.44. The average Bonchev–Trinajstić information content (AvgIpc) is 2.84. The van der Waals surface area contributed by atoms with Crippen molar-refractivity contribution in [3.05, 3.63) is 35.9 Å². The van der Waals surface area contributed by atoms with Crippen LogP contribution in [0.15, 0.2) is 35.2 Å². The van der Waals surface area contributed by atoms with Gasteiger partial charge in [0.1, 0.15) is 17.2 Å². The van der Waals surface area contributed by atoms with Gasteiger partial charge in [-0.2, -0.15) is 4.31 Å². The maximum atomic E-state index is 13.6. The summed E-state index contributed by atoms with van der Waals surface area (Å²) in [5.41, 5.74) is 1.43. The van der Waals surface area contributed by atoms with E-state index < -0.39 is 22.0 Å². The molecule has 0 aliphatic carbocycles. The number of amides is 2. The Bertz CT molecular complexity index is 1240. The van der Waals surface area contributed by atoms with Crippen molar-refractivity contribution < 1.29 is 32.2 Å². The van der Waals surface area contributed by atoms with E-state index in [1.165, 1.54) is 24.6 Å². The number of carbonyl (C=O) groups excluding carboxylic acids is 2. The zero-order valence-corrected chi connectivity index (χ0v) is 20.9. The monoisotopic (exact) mass is 503 g/mol. The highest BCUT2D eigenvalue weighted by molar-refractivity contribution is 7.89. The fourth-order valence-electron chi connectivity index (χ4n) is 4.26. The Kier molecular flexibility index (Phi) is 6.91. The molecule has 0 saturated carbocycles. The minimum absolute atomic E-state index is 0.0553. The third-order valence-electron chi connectivity index (χ3n) is 6.20. The summed E-state index contributed by atoms with van der Waals surface area (Å²) in [5, 5.41) is 5.58. The number of nitrogens with zero attached hydrogens (tertiary/aromatic N) is 1. The molecule has 1 saturated heterocycles. The van der Waals surface area contributed by atoms with E-state index in [-0.39, 0.29) is 23.3 Å². The molecule has 0 bridgehead atoms. The SMILES string of the molecule is COc1cc(NC(=O)C2CCCN(S(=O)(=O)c3cc4c(cc3C)NC(=O)C(C)O4)C2)cc(OC)c1. The highest BCUT2D eigenvalue weighted by Gasteiger charge is 2.35. The summed E-state index contributed by atoms with van der Waals surface area (Å²) in [4.78, 5) is 25.0. The number of hydrogen-bond donors (Lipinski definition) is 2. The van der Waals surface area contributed by atoms with E-state index in [0.29, 0.717) is 53.6 Å². The highest BCUT2D eigenvalue weighted by atomic mass is 32.2. The van der Waals surface area contributed by atoms with Crippen molar-refractivity contribution in [2.45, 2.75) is 37.7 Å². The van der Waals surface area contributed by atoms with E-state index in [0.717, 1.165) is 0 Å². The second-order valence-electron chi connectivity index (χ2n) is 8.66. The topological polar surface area (TPSA) is 123 Å². The molecule has 1 fully saturated rings. The molecule has 2 aliphatic rings. The fourth-order valence-corrected chi connectivity index (χ4v) is 6.00. The standard InChI is InChI=1S/C24H29N3O7S/c1-14-8-20-21(34-15(2)23(28)26-20)12-22(14)35(30,31)27-7-5-6-16(13-27)24(29)25-17-9-18(32-3)11-19(10-17)33-4/h8-12,15-16H,5-7,13H2,1-4H3,(H,25,29)(H,26,28). The summed E-state index contributed by atoms with van der Waals surface area (Å²) in [7, 11) is -0.856. The van der Waals surface area contributed by atoms with Gasteiger partial charge in [-0.3, -0.25) is 9.59 Å². The van der Waals surface area contributed by atoms with Gasteiger partial charge in [0.15, 0.2) is 6.10 Å². The third kappa shape index (κ3) is 5.06. The summed E-state index contributed by atoms with van der Waals surface area (Å²) < 4.78 is 44.5. The van der Waals surface area contributed by atoms with Gasteiger partial charge in [0.25, 0.3) is 5.91 Å². The molecule has 2 atom stereocenters. The zero-order chi connectivity index (χ0) is 25.3. The number of anilines is 2. The average molecular weight is 504 g/mol. The van der Waals surface area contributed by atoms with Crippen LogP contribution in [0.2, 0.25) is 0 Å². The summed E-state index contributed by atoms with van der Waals surface area (Å²) in [6.07, 6.45) is 0.389. The van der Waals surface area contributed by atoms with Crippen molar-refractivity contribution in [3.63, 3.8) is 0 Å². The number of methoxy groups -OCH3 is 2. The zero-order valence-electron chi connectivity index (χ0n) is 20.1. The molecule has 0 radical (unpaired) electrons. The lowest BCUT2D eigenvalue weighted by Gasteiger charge is -2.32. The van der Waals surface area contributed by atoms with Crippen molar-refractivity contribution in [1.29, 1.82) is 0 Å². The quantitative estimate of drug-likeness (QED) is 0.621. The first-order valence-electron chi connectivity index (χ1n) is 11.3. The minimum atomic E-state index is -3.90. The molecular formula is C24H29N3O7S. The number of ether oxygens (including phenoxy) is 3. The number of rotatable bonds is 6. The first-order chi connectivity index (χ1) is 16.6. The van der Waals surface area contributed by atoms with Crippen molar-refractivity contribution in [3.8, 4) is 17.2 Å². The molecular weight excluding hydrogens is 474 g/mol. The van der Waals surface area contributed by atoms with Gasteiger partial charge in [0.05, 0.1) is 30.7 Å². The second-order valence-corrected chi connectivity index (χ2v) is 10.6. The molecule has 0 spiro atoms. The van der Waals surface area contributed by atoms with Gasteiger partial charge in [-0.1, -0.05) is 0 Å². The summed E-state index contributed by atoms with van der Waals surface area (Å²) in [6, 6.07) is 8.09. The van der Waals surface area contributed by atoms with E-state index in [1.54, 1.807) is 38.1 Å². The van der Waals surface area contributed by atoms with E-state index in [2.05, 4.69) is 10.6 Å².